The maximum atomic E-state index is 14.1. The molecule has 0 aromatic heterocycles. The molecule has 4 rings (SSSR count). The van der Waals surface area contributed by atoms with Gasteiger partial charge in [0, 0.05) is 38.4 Å². The highest BCUT2D eigenvalue weighted by Gasteiger charge is 2.49. The van der Waals surface area contributed by atoms with Gasteiger partial charge < -0.3 is 14.9 Å². The van der Waals surface area contributed by atoms with Crippen LogP contribution in [0, 0.1) is 24.6 Å². The van der Waals surface area contributed by atoms with Crippen LogP contribution in [-0.4, -0.2) is 46.4 Å². The van der Waals surface area contributed by atoms with E-state index in [1.54, 1.807) is 11.8 Å². The van der Waals surface area contributed by atoms with Crippen molar-refractivity contribution in [2.75, 3.05) is 19.6 Å². The van der Waals surface area contributed by atoms with Crippen molar-refractivity contribution in [1.29, 1.82) is 0 Å². The van der Waals surface area contributed by atoms with Crippen molar-refractivity contribution in [3.63, 3.8) is 0 Å². The molecule has 6 heteroatoms. The summed E-state index contributed by atoms with van der Waals surface area (Å²) in [6.45, 7) is 5.13. The van der Waals surface area contributed by atoms with Gasteiger partial charge in [-0.25, -0.2) is 4.39 Å². The summed E-state index contributed by atoms with van der Waals surface area (Å²) in [6.07, 6.45) is 0. The second-order valence-corrected chi connectivity index (χ2v) is 7.77. The molecule has 2 amide bonds. The van der Waals surface area contributed by atoms with Crippen molar-refractivity contribution in [3.8, 4) is 5.75 Å². The van der Waals surface area contributed by atoms with Crippen LogP contribution in [0.5, 0.6) is 5.75 Å². The van der Waals surface area contributed by atoms with E-state index in [0.717, 1.165) is 17.2 Å². The SMILES string of the molecule is CC(=O)N1C[C@H]2CN(C(=O)c3cc(O)ccc3F)C[C@H]2[C@H]1c1ccccc1C. The Bertz CT molecular complexity index is 945. The lowest BCUT2D eigenvalue weighted by atomic mass is 9.87. The zero-order valence-electron chi connectivity index (χ0n) is 15.9. The first kappa shape index (κ1) is 18.5. The number of likely N-dealkylation sites (tertiary alicyclic amines) is 2. The second kappa shape index (κ2) is 6.93. The fourth-order valence-corrected chi connectivity index (χ4v) is 4.70. The minimum absolute atomic E-state index is 0.0274. The zero-order valence-corrected chi connectivity index (χ0v) is 15.9. The van der Waals surface area contributed by atoms with Gasteiger partial charge in [-0.15, -0.1) is 0 Å². The second-order valence-electron chi connectivity index (χ2n) is 7.77. The van der Waals surface area contributed by atoms with Crippen LogP contribution in [0.1, 0.15) is 34.5 Å². The molecule has 2 aromatic rings. The van der Waals surface area contributed by atoms with Gasteiger partial charge in [-0.1, -0.05) is 24.3 Å². The van der Waals surface area contributed by atoms with Crippen LogP contribution < -0.4 is 0 Å². The number of amides is 2. The number of hydrogen-bond donors (Lipinski definition) is 1. The number of phenols is 1. The molecule has 146 valence electrons. The lowest BCUT2D eigenvalue weighted by Crippen LogP contribution is -2.37. The van der Waals surface area contributed by atoms with E-state index in [1.807, 2.05) is 36.1 Å². The summed E-state index contributed by atoms with van der Waals surface area (Å²) in [5, 5.41) is 9.63. The Balaban J connectivity index is 1.63. The van der Waals surface area contributed by atoms with Gasteiger partial charge in [-0.3, -0.25) is 9.59 Å². The van der Waals surface area contributed by atoms with Crippen LogP contribution >= 0.6 is 0 Å². The number of fused-ring (bicyclic) bond motifs is 1. The largest absolute Gasteiger partial charge is 0.508 e. The van der Waals surface area contributed by atoms with E-state index in [2.05, 4.69) is 0 Å². The van der Waals surface area contributed by atoms with Crippen molar-refractivity contribution >= 4 is 11.8 Å². The Morgan fingerprint density at radius 1 is 1.11 bits per heavy atom. The lowest BCUT2D eigenvalue weighted by Gasteiger charge is -2.30. The Morgan fingerprint density at radius 3 is 2.57 bits per heavy atom. The number of rotatable bonds is 2. The Morgan fingerprint density at radius 2 is 1.86 bits per heavy atom. The molecule has 0 unspecified atom stereocenters. The Kier molecular flexibility index (Phi) is 4.57. The van der Waals surface area contributed by atoms with Crippen LogP contribution in [0.25, 0.3) is 0 Å². The molecule has 2 aliphatic rings. The molecule has 2 saturated heterocycles. The van der Waals surface area contributed by atoms with Gasteiger partial charge in [0.15, 0.2) is 0 Å². The molecular formula is C22H23FN2O3. The topological polar surface area (TPSA) is 60.9 Å². The van der Waals surface area contributed by atoms with Crippen LogP contribution in [0.4, 0.5) is 4.39 Å². The third-order valence-electron chi connectivity index (χ3n) is 6.04. The standard InChI is InChI=1S/C22H23FN2O3/c1-13-5-3-4-6-17(13)21-19-12-24(10-15(19)11-25(21)14(2)26)22(28)18-9-16(27)7-8-20(18)23/h3-9,15,19,21,27H,10-12H2,1-2H3/t15-,19-,21-/m1/s1. The number of aryl methyl sites for hydroxylation is 1. The average Bonchev–Trinajstić information content (AvgIpc) is 3.22. The van der Waals surface area contributed by atoms with Gasteiger partial charge in [0.2, 0.25) is 5.91 Å². The fraction of sp³-hybridized carbons (Fsp3) is 0.364. The summed E-state index contributed by atoms with van der Waals surface area (Å²) in [4.78, 5) is 28.7. The van der Waals surface area contributed by atoms with Crippen molar-refractivity contribution in [1.82, 2.24) is 9.80 Å². The highest BCUT2D eigenvalue weighted by atomic mass is 19.1. The first-order valence-electron chi connectivity index (χ1n) is 9.47. The van der Waals surface area contributed by atoms with E-state index in [4.69, 9.17) is 0 Å². The van der Waals surface area contributed by atoms with Gasteiger partial charge in [0.25, 0.3) is 5.91 Å². The van der Waals surface area contributed by atoms with Crippen molar-refractivity contribution < 1.29 is 19.1 Å². The zero-order chi connectivity index (χ0) is 20.0. The van der Waals surface area contributed by atoms with Gasteiger partial charge in [-0.2, -0.15) is 0 Å². The van der Waals surface area contributed by atoms with Crippen molar-refractivity contribution in [3.05, 3.63) is 65.0 Å². The molecule has 0 aliphatic carbocycles. The first-order valence-corrected chi connectivity index (χ1v) is 9.47. The third kappa shape index (κ3) is 3.03. The van der Waals surface area contributed by atoms with Gasteiger partial charge in [0.05, 0.1) is 11.6 Å². The fourth-order valence-electron chi connectivity index (χ4n) is 4.70. The maximum absolute atomic E-state index is 14.1. The van der Waals surface area contributed by atoms with E-state index < -0.39 is 11.7 Å². The van der Waals surface area contributed by atoms with Gasteiger partial charge in [-0.05, 0) is 36.2 Å². The molecule has 2 aromatic carbocycles. The molecule has 2 fully saturated rings. The number of hydrogen-bond acceptors (Lipinski definition) is 3. The number of aromatic hydroxyl groups is 1. The molecular weight excluding hydrogens is 359 g/mol. The van der Waals surface area contributed by atoms with E-state index in [0.29, 0.717) is 19.6 Å². The number of nitrogens with zero attached hydrogens (tertiary/aromatic N) is 2. The van der Waals surface area contributed by atoms with E-state index in [1.165, 1.54) is 12.1 Å². The summed E-state index contributed by atoms with van der Waals surface area (Å²) < 4.78 is 14.1. The predicted molar refractivity (Wildman–Crippen MR) is 102 cm³/mol. The minimum Gasteiger partial charge on any atom is -0.508 e. The molecule has 28 heavy (non-hydrogen) atoms. The first-order chi connectivity index (χ1) is 13.4. The van der Waals surface area contributed by atoms with Crippen molar-refractivity contribution in [2.45, 2.75) is 19.9 Å². The highest BCUT2D eigenvalue weighted by Crippen LogP contribution is 2.46. The molecule has 0 saturated carbocycles. The number of carbonyl (C=O) groups is 2. The van der Waals surface area contributed by atoms with Gasteiger partial charge >= 0.3 is 0 Å². The smallest absolute Gasteiger partial charge is 0.256 e. The molecule has 3 atom stereocenters. The van der Waals surface area contributed by atoms with E-state index >= 15 is 0 Å². The number of halogens is 1. The molecule has 2 heterocycles. The molecule has 0 spiro atoms. The molecule has 0 bridgehead atoms. The van der Waals surface area contributed by atoms with Crippen LogP contribution in [0.3, 0.4) is 0 Å². The predicted octanol–water partition coefficient (Wildman–Crippen LogP) is 3.13. The molecule has 1 N–H and O–H groups in total. The lowest BCUT2D eigenvalue weighted by molar-refractivity contribution is -0.130. The summed E-state index contributed by atoms with van der Waals surface area (Å²) in [7, 11) is 0. The summed E-state index contributed by atoms with van der Waals surface area (Å²) >= 11 is 0. The third-order valence-corrected chi connectivity index (χ3v) is 6.04. The molecule has 2 aliphatic heterocycles. The van der Waals surface area contributed by atoms with E-state index in [-0.39, 0.29) is 35.1 Å². The quantitative estimate of drug-likeness (QED) is 0.868. The number of benzene rings is 2. The summed E-state index contributed by atoms with van der Waals surface area (Å²) in [5.74, 6) is -0.905. The summed E-state index contributed by atoms with van der Waals surface area (Å²) in [5.41, 5.74) is 2.10. The Hall–Kier alpha value is -2.89. The van der Waals surface area contributed by atoms with Crippen molar-refractivity contribution in [2.24, 2.45) is 11.8 Å². The molecule has 5 nitrogen and oxygen atoms in total. The monoisotopic (exact) mass is 382 g/mol. The van der Waals surface area contributed by atoms with Crippen LogP contribution in [0.2, 0.25) is 0 Å². The van der Waals surface area contributed by atoms with E-state index in [9.17, 15) is 19.1 Å². The highest BCUT2D eigenvalue weighted by molar-refractivity contribution is 5.95. The van der Waals surface area contributed by atoms with Gasteiger partial charge in [0.1, 0.15) is 11.6 Å². The summed E-state index contributed by atoms with van der Waals surface area (Å²) in [6, 6.07) is 11.4. The number of carbonyl (C=O) groups excluding carboxylic acids is 2. The number of phenolic OH excluding ortho intramolecular Hbond substituents is 1. The van der Waals surface area contributed by atoms with Crippen LogP contribution in [0.15, 0.2) is 42.5 Å². The minimum atomic E-state index is -0.638. The maximum Gasteiger partial charge on any atom is 0.256 e. The average molecular weight is 382 g/mol. The normalized spacial score (nSPS) is 23.8. The Labute approximate surface area is 163 Å². The molecule has 0 radical (unpaired) electrons. The van der Waals surface area contributed by atoms with Crippen LogP contribution in [-0.2, 0) is 4.79 Å².